The van der Waals surface area contributed by atoms with Crippen molar-refractivity contribution in [3.05, 3.63) is 34.9 Å². The van der Waals surface area contributed by atoms with Crippen LogP contribution in [0.5, 0.6) is 0 Å². The van der Waals surface area contributed by atoms with Gasteiger partial charge in [0.05, 0.1) is 12.6 Å². The van der Waals surface area contributed by atoms with Gasteiger partial charge in [-0.05, 0) is 45.4 Å². The summed E-state index contributed by atoms with van der Waals surface area (Å²) >= 11 is 5.83. The number of nitrogens with one attached hydrogen (secondary N) is 2. The standard InChI is InChI=1S/C15H24ClN3O.HI/c1-5-17-14(19-15(2,3)4)18-10-13(20)11-6-8-12(16)9-7-11;/h6-9,13,20H,5,10H2,1-4H3,(H2,17,18,19);1H. The fourth-order valence-electron chi connectivity index (χ4n) is 1.63. The van der Waals surface area contributed by atoms with Crippen LogP contribution in [-0.4, -0.2) is 29.7 Å². The van der Waals surface area contributed by atoms with E-state index in [4.69, 9.17) is 11.6 Å². The van der Waals surface area contributed by atoms with Crippen LogP contribution in [0.3, 0.4) is 0 Å². The van der Waals surface area contributed by atoms with E-state index in [9.17, 15) is 5.11 Å². The highest BCUT2D eigenvalue weighted by molar-refractivity contribution is 14.0. The second kappa shape index (κ2) is 9.48. The number of aliphatic hydroxyl groups excluding tert-OH is 1. The molecule has 0 bridgehead atoms. The van der Waals surface area contributed by atoms with Crippen molar-refractivity contribution in [3.8, 4) is 0 Å². The topological polar surface area (TPSA) is 56.7 Å². The summed E-state index contributed by atoms with van der Waals surface area (Å²) in [4.78, 5) is 4.41. The van der Waals surface area contributed by atoms with E-state index in [1.165, 1.54) is 0 Å². The van der Waals surface area contributed by atoms with Crippen molar-refractivity contribution in [1.29, 1.82) is 0 Å². The van der Waals surface area contributed by atoms with Crippen molar-refractivity contribution in [2.75, 3.05) is 13.1 Å². The molecule has 1 aromatic rings. The van der Waals surface area contributed by atoms with Crippen molar-refractivity contribution < 1.29 is 5.11 Å². The molecule has 1 aromatic carbocycles. The van der Waals surface area contributed by atoms with Gasteiger partial charge < -0.3 is 15.7 Å². The first kappa shape index (κ1) is 20.5. The molecule has 0 saturated carbocycles. The lowest BCUT2D eigenvalue weighted by molar-refractivity contribution is 0.187. The molecule has 1 rings (SSSR count). The van der Waals surface area contributed by atoms with Crippen LogP contribution in [0.1, 0.15) is 39.4 Å². The van der Waals surface area contributed by atoms with E-state index >= 15 is 0 Å². The van der Waals surface area contributed by atoms with Crippen LogP contribution in [0.4, 0.5) is 0 Å². The minimum Gasteiger partial charge on any atom is -0.386 e. The van der Waals surface area contributed by atoms with E-state index in [1.54, 1.807) is 12.1 Å². The Morgan fingerprint density at radius 1 is 1.29 bits per heavy atom. The van der Waals surface area contributed by atoms with Crippen molar-refractivity contribution >= 4 is 41.5 Å². The molecule has 0 radical (unpaired) electrons. The largest absolute Gasteiger partial charge is 0.386 e. The van der Waals surface area contributed by atoms with Crippen LogP contribution >= 0.6 is 35.6 Å². The molecule has 0 saturated heterocycles. The van der Waals surface area contributed by atoms with Crippen LogP contribution in [-0.2, 0) is 0 Å². The fraction of sp³-hybridized carbons (Fsp3) is 0.533. The second-order valence-corrected chi connectivity index (χ2v) is 6.10. The van der Waals surface area contributed by atoms with Gasteiger partial charge in [-0.15, -0.1) is 24.0 Å². The lowest BCUT2D eigenvalue weighted by atomic mass is 10.1. The zero-order chi connectivity index (χ0) is 15.2. The van der Waals surface area contributed by atoms with Crippen LogP contribution in [0.25, 0.3) is 0 Å². The number of nitrogens with zero attached hydrogens (tertiary/aromatic N) is 1. The predicted molar refractivity (Wildman–Crippen MR) is 101 cm³/mol. The average molecular weight is 426 g/mol. The second-order valence-electron chi connectivity index (χ2n) is 5.66. The first-order valence-corrected chi connectivity index (χ1v) is 7.19. The molecule has 0 heterocycles. The molecule has 0 amide bonds. The van der Waals surface area contributed by atoms with Gasteiger partial charge in [0.2, 0.25) is 0 Å². The molecule has 0 aliphatic heterocycles. The third-order valence-corrected chi connectivity index (χ3v) is 2.77. The summed E-state index contributed by atoms with van der Waals surface area (Å²) in [7, 11) is 0. The molecule has 0 aliphatic carbocycles. The molecule has 0 aromatic heterocycles. The molecule has 120 valence electrons. The average Bonchev–Trinajstić information content (AvgIpc) is 2.35. The Kier molecular flexibility index (Phi) is 9.24. The minimum atomic E-state index is -0.636. The summed E-state index contributed by atoms with van der Waals surface area (Å²) in [5.41, 5.74) is 0.733. The van der Waals surface area contributed by atoms with E-state index in [0.717, 1.165) is 12.1 Å². The van der Waals surface area contributed by atoms with E-state index < -0.39 is 6.10 Å². The van der Waals surface area contributed by atoms with Gasteiger partial charge in [-0.25, -0.2) is 0 Å². The molecule has 0 fully saturated rings. The van der Waals surface area contributed by atoms with Gasteiger partial charge in [0.25, 0.3) is 0 Å². The third kappa shape index (κ3) is 8.48. The van der Waals surface area contributed by atoms with Gasteiger partial charge in [-0.1, -0.05) is 23.7 Å². The summed E-state index contributed by atoms with van der Waals surface area (Å²) < 4.78 is 0. The third-order valence-electron chi connectivity index (χ3n) is 2.51. The first-order chi connectivity index (χ1) is 9.31. The number of guanidine groups is 1. The Morgan fingerprint density at radius 2 is 1.86 bits per heavy atom. The van der Waals surface area contributed by atoms with Crippen LogP contribution in [0.2, 0.25) is 5.02 Å². The van der Waals surface area contributed by atoms with Crippen molar-refractivity contribution in [1.82, 2.24) is 10.6 Å². The Morgan fingerprint density at radius 3 is 2.33 bits per heavy atom. The summed E-state index contributed by atoms with van der Waals surface area (Å²) in [6, 6.07) is 7.16. The van der Waals surface area contributed by atoms with Gasteiger partial charge in [0.1, 0.15) is 0 Å². The monoisotopic (exact) mass is 425 g/mol. The highest BCUT2D eigenvalue weighted by Crippen LogP contribution is 2.16. The van der Waals surface area contributed by atoms with E-state index in [-0.39, 0.29) is 29.5 Å². The number of rotatable bonds is 4. The molecule has 0 spiro atoms. The fourth-order valence-corrected chi connectivity index (χ4v) is 1.76. The maximum absolute atomic E-state index is 10.1. The zero-order valence-corrected chi connectivity index (χ0v) is 16.1. The predicted octanol–water partition coefficient (Wildman–Crippen LogP) is 3.35. The maximum Gasteiger partial charge on any atom is 0.191 e. The van der Waals surface area contributed by atoms with Crippen molar-refractivity contribution in [2.24, 2.45) is 4.99 Å². The Hall–Kier alpha value is -0.530. The minimum absolute atomic E-state index is 0. The van der Waals surface area contributed by atoms with Gasteiger partial charge in [-0.2, -0.15) is 0 Å². The number of aliphatic imine (C=N–C) groups is 1. The van der Waals surface area contributed by atoms with Crippen LogP contribution in [0.15, 0.2) is 29.3 Å². The number of halogens is 2. The van der Waals surface area contributed by atoms with Gasteiger partial charge in [0.15, 0.2) is 5.96 Å². The smallest absolute Gasteiger partial charge is 0.191 e. The summed E-state index contributed by atoms with van der Waals surface area (Å²) in [6.45, 7) is 9.28. The summed E-state index contributed by atoms with van der Waals surface area (Å²) in [5.74, 6) is 0.702. The maximum atomic E-state index is 10.1. The molecule has 21 heavy (non-hydrogen) atoms. The molecule has 0 aliphatic rings. The number of benzene rings is 1. The van der Waals surface area contributed by atoms with Crippen molar-refractivity contribution in [2.45, 2.75) is 39.3 Å². The zero-order valence-electron chi connectivity index (χ0n) is 13.0. The molecule has 1 atom stereocenters. The number of hydrogen-bond acceptors (Lipinski definition) is 2. The van der Waals surface area contributed by atoms with E-state index in [2.05, 4.69) is 36.4 Å². The molecule has 3 N–H and O–H groups in total. The molecule has 6 heteroatoms. The number of aliphatic hydroxyl groups is 1. The first-order valence-electron chi connectivity index (χ1n) is 6.82. The van der Waals surface area contributed by atoms with Gasteiger partial charge >= 0.3 is 0 Å². The van der Waals surface area contributed by atoms with Gasteiger partial charge in [0, 0.05) is 17.1 Å². The molecule has 1 unspecified atom stereocenters. The lowest BCUT2D eigenvalue weighted by Crippen LogP contribution is -2.47. The lowest BCUT2D eigenvalue weighted by Gasteiger charge is -2.24. The highest BCUT2D eigenvalue weighted by atomic mass is 127. The van der Waals surface area contributed by atoms with Crippen LogP contribution < -0.4 is 10.6 Å². The molecule has 4 nitrogen and oxygen atoms in total. The summed E-state index contributed by atoms with van der Waals surface area (Å²) in [5, 5.41) is 17.2. The highest BCUT2D eigenvalue weighted by Gasteiger charge is 2.13. The van der Waals surface area contributed by atoms with E-state index in [0.29, 0.717) is 17.5 Å². The van der Waals surface area contributed by atoms with E-state index in [1.807, 2.05) is 19.1 Å². The normalized spacial score (nSPS) is 13.3. The van der Waals surface area contributed by atoms with Gasteiger partial charge in [-0.3, -0.25) is 4.99 Å². The quantitative estimate of drug-likeness (QED) is 0.394. The Bertz CT molecular complexity index is 443. The molecular formula is C15H25ClIN3O. The van der Waals surface area contributed by atoms with Crippen molar-refractivity contribution in [3.63, 3.8) is 0 Å². The van der Waals surface area contributed by atoms with Crippen LogP contribution in [0, 0.1) is 0 Å². The number of hydrogen-bond donors (Lipinski definition) is 3. The Labute approximate surface area is 149 Å². The molecular weight excluding hydrogens is 401 g/mol. The Balaban J connectivity index is 0.00000400. The SMILES string of the molecule is CCNC(=NCC(O)c1ccc(Cl)cc1)NC(C)(C)C.I. The summed E-state index contributed by atoms with van der Waals surface area (Å²) in [6.07, 6.45) is -0.636.